The topological polar surface area (TPSA) is 144 Å². The molecule has 1 aromatic rings. The third-order valence-electron chi connectivity index (χ3n) is 7.12. The quantitative estimate of drug-likeness (QED) is 0.485. The van der Waals surface area contributed by atoms with Crippen LogP contribution in [0.15, 0.2) is 28.7 Å². The fourth-order valence-electron chi connectivity index (χ4n) is 5.88. The molecule has 8 heteroatoms. The molecule has 3 aliphatic carbocycles. The average Bonchev–Trinajstić information content (AvgIpc) is 2.62. The molecule has 0 fully saturated rings. The molecule has 4 unspecified atom stereocenters. The normalized spacial score (nSPS) is 30.0. The third-order valence-corrected chi connectivity index (χ3v) is 7.12. The van der Waals surface area contributed by atoms with Crippen molar-refractivity contribution in [1.82, 2.24) is 0 Å². The molecule has 166 valence electrons. The summed E-state index contributed by atoms with van der Waals surface area (Å²) in [7, 11) is 3.73. The van der Waals surface area contributed by atoms with Crippen LogP contribution in [0.5, 0.6) is 5.75 Å². The maximum atomic E-state index is 13.5. The van der Waals surface area contributed by atoms with E-state index in [9.17, 15) is 30.0 Å². The van der Waals surface area contributed by atoms with Gasteiger partial charge in [-0.2, -0.15) is 0 Å². The lowest BCUT2D eigenvalue weighted by atomic mass is 9.58. The third kappa shape index (κ3) is 2.85. The maximum absolute atomic E-state index is 13.5. The van der Waals surface area contributed by atoms with Crippen LogP contribution in [0.3, 0.4) is 0 Å². The van der Waals surface area contributed by atoms with E-state index in [4.69, 9.17) is 5.73 Å². The first kappa shape index (κ1) is 21.2. The molecule has 1 aromatic carbocycles. The van der Waals surface area contributed by atoms with E-state index in [0.717, 1.165) is 11.3 Å². The zero-order valence-electron chi connectivity index (χ0n) is 18.1. The summed E-state index contributed by atoms with van der Waals surface area (Å²) in [5.41, 5.74) is 5.55. The van der Waals surface area contributed by atoms with Crippen molar-refractivity contribution in [2.45, 2.75) is 38.7 Å². The molecular weight excluding hydrogens is 400 g/mol. The van der Waals surface area contributed by atoms with Gasteiger partial charge in [-0.15, -0.1) is 0 Å². The van der Waals surface area contributed by atoms with Crippen LogP contribution >= 0.6 is 0 Å². The van der Waals surface area contributed by atoms with E-state index in [2.05, 4.69) is 0 Å². The minimum absolute atomic E-state index is 0.0770. The Labute approximate surface area is 180 Å². The van der Waals surface area contributed by atoms with Gasteiger partial charge in [-0.3, -0.25) is 9.59 Å². The molecule has 0 bridgehead atoms. The number of amides is 1. The van der Waals surface area contributed by atoms with Gasteiger partial charge in [0.25, 0.3) is 5.91 Å². The second-order valence-corrected chi connectivity index (χ2v) is 9.35. The fraction of sp³-hybridized carbons (Fsp3) is 0.478. The Kier molecular flexibility index (Phi) is 4.62. The summed E-state index contributed by atoms with van der Waals surface area (Å²) in [6.45, 7) is 3.04. The molecule has 6 N–H and O–H groups in total. The van der Waals surface area contributed by atoms with Gasteiger partial charge in [-0.05, 0) is 55.7 Å². The second kappa shape index (κ2) is 6.75. The molecule has 0 saturated heterocycles. The minimum Gasteiger partial charge on any atom is -0.512 e. The van der Waals surface area contributed by atoms with Gasteiger partial charge in [0.05, 0.1) is 17.1 Å². The van der Waals surface area contributed by atoms with Crippen LogP contribution < -0.4 is 10.6 Å². The molecule has 8 nitrogen and oxygen atoms in total. The molecule has 0 aromatic heterocycles. The summed E-state index contributed by atoms with van der Waals surface area (Å²) in [4.78, 5) is 27.3. The van der Waals surface area contributed by atoms with Gasteiger partial charge in [0.2, 0.25) is 0 Å². The highest BCUT2D eigenvalue weighted by atomic mass is 16.3. The predicted octanol–water partition coefficient (Wildman–Crippen LogP) is 2.02. The average molecular weight is 428 g/mol. The first-order valence-electron chi connectivity index (χ1n) is 10.3. The summed E-state index contributed by atoms with van der Waals surface area (Å²) < 4.78 is 0. The van der Waals surface area contributed by atoms with Crippen molar-refractivity contribution >= 4 is 17.4 Å². The number of ketones is 1. The molecule has 0 heterocycles. The largest absolute Gasteiger partial charge is 0.512 e. The second-order valence-electron chi connectivity index (χ2n) is 9.35. The van der Waals surface area contributed by atoms with Gasteiger partial charge in [0.1, 0.15) is 22.9 Å². The van der Waals surface area contributed by atoms with Crippen LogP contribution in [0.2, 0.25) is 0 Å². The Morgan fingerprint density at radius 2 is 1.87 bits per heavy atom. The van der Waals surface area contributed by atoms with E-state index in [1.165, 1.54) is 6.92 Å². The number of rotatable bonds is 2. The number of hydrogen-bond acceptors (Lipinski definition) is 7. The number of carbonyl (C=O) groups excluding carboxylic acids is 2. The van der Waals surface area contributed by atoms with Crippen LogP contribution in [0.1, 0.15) is 41.3 Å². The van der Waals surface area contributed by atoms with Crippen molar-refractivity contribution in [3.8, 4) is 5.75 Å². The summed E-state index contributed by atoms with van der Waals surface area (Å²) >= 11 is 0. The van der Waals surface area contributed by atoms with Gasteiger partial charge < -0.3 is 31.1 Å². The van der Waals surface area contributed by atoms with Crippen molar-refractivity contribution < 1.29 is 30.0 Å². The number of hydrogen-bond donors (Lipinski definition) is 5. The Morgan fingerprint density at radius 1 is 1.23 bits per heavy atom. The van der Waals surface area contributed by atoms with Crippen LogP contribution in [-0.4, -0.2) is 51.8 Å². The molecule has 31 heavy (non-hydrogen) atoms. The minimum atomic E-state index is -1.93. The van der Waals surface area contributed by atoms with Gasteiger partial charge in [0.15, 0.2) is 5.78 Å². The number of aromatic hydroxyl groups is 1. The number of phenols is 1. The van der Waals surface area contributed by atoms with E-state index in [-0.39, 0.29) is 52.2 Å². The van der Waals surface area contributed by atoms with Crippen molar-refractivity contribution in [2.24, 2.45) is 23.5 Å². The number of nitrogens with two attached hydrogens (primary N) is 1. The standard InChI is InChI=1S/C23H28N2O6/c1-9-5-13(25(3)4)12-7-10-6-11-8-14(26)18(22(24)30)23(2,31)17(11)21(29)15(10)20(28)16(12)19(9)27/h5,10-11,17,26-27,29,31H,6-8H2,1-4H3,(H2,24,30). The summed E-state index contributed by atoms with van der Waals surface area (Å²) in [5.74, 6) is -3.78. The Balaban J connectivity index is 1.92. The predicted molar refractivity (Wildman–Crippen MR) is 114 cm³/mol. The summed E-state index contributed by atoms with van der Waals surface area (Å²) in [6, 6.07) is 1.83. The zero-order chi connectivity index (χ0) is 23.0. The van der Waals surface area contributed by atoms with E-state index in [1.807, 2.05) is 25.1 Å². The molecule has 1 amide bonds. The fourth-order valence-corrected chi connectivity index (χ4v) is 5.88. The number of aliphatic hydroxyl groups is 3. The summed E-state index contributed by atoms with van der Waals surface area (Å²) in [6.07, 6.45) is 0.941. The zero-order valence-corrected chi connectivity index (χ0v) is 18.1. The number of carbonyl (C=O) groups is 2. The van der Waals surface area contributed by atoms with Gasteiger partial charge in [-0.25, -0.2) is 0 Å². The van der Waals surface area contributed by atoms with Crippen LogP contribution in [0.4, 0.5) is 5.69 Å². The number of allylic oxidation sites excluding steroid dienone is 2. The number of anilines is 1. The first-order chi connectivity index (χ1) is 14.4. The molecule has 4 rings (SSSR count). The number of Topliss-reactive ketones (excluding diaryl/α,β-unsaturated/α-hetero) is 1. The Morgan fingerprint density at radius 3 is 2.45 bits per heavy atom. The van der Waals surface area contributed by atoms with Crippen molar-refractivity contribution in [2.75, 3.05) is 19.0 Å². The van der Waals surface area contributed by atoms with E-state index < -0.39 is 23.2 Å². The highest BCUT2D eigenvalue weighted by Crippen LogP contribution is 2.54. The molecule has 3 aliphatic rings. The Bertz CT molecular complexity index is 1080. The lowest BCUT2D eigenvalue weighted by Crippen LogP contribution is -2.52. The van der Waals surface area contributed by atoms with Crippen molar-refractivity contribution in [3.05, 3.63) is 45.4 Å². The number of phenolic OH excluding ortho intramolecular Hbond substituents is 1. The molecular formula is C23H28N2O6. The van der Waals surface area contributed by atoms with Crippen LogP contribution in [0, 0.1) is 24.7 Å². The highest BCUT2D eigenvalue weighted by molar-refractivity contribution is 6.14. The first-order valence-corrected chi connectivity index (χ1v) is 10.3. The van der Waals surface area contributed by atoms with Crippen molar-refractivity contribution in [1.29, 1.82) is 0 Å². The molecule has 0 spiro atoms. The lowest BCUT2D eigenvalue weighted by Gasteiger charge is -2.48. The number of nitrogens with zero attached hydrogens (tertiary/aromatic N) is 1. The number of fused-ring (bicyclic) bond motifs is 3. The monoisotopic (exact) mass is 428 g/mol. The molecule has 0 aliphatic heterocycles. The van der Waals surface area contributed by atoms with Gasteiger partial charge in [0, 0.05) is 31.8 Å². The van der Waals surface area contributed by atoms with E-state index in [1.54, 1.807) is 6.92 Å². The Hall–Kier alpha value is -3.00. The molecule has 4 atom stereocenters. The van der Waals surface area contributed by atoms with Crippen LogP contribution in [-0.2, 0) is 11.2 Å². The number of primary amides is 1. The van der Waals surface area contributed by atoms with Crippen LogP contribution in [0.25, 0.3) is 0 Å². The maximum Gasteiger partial charge on any atom is 0.250 e. The summed E-state index contributed by atoms with van der Waals surface area (Å²) in [5, 5.41) is 43.4. The smallest absolute Gasteiger partial charge is 0.250 e. The van der Waals surface area contributed by atoms with Gasteiger partial charge in [-0.1, -0.05) is 0 Å². The lowest BCUT2D eigenvalue weighted by molar-refractivity contribution is -0.119. The molecule has 0 radical (unpaired) electrons. The van der Waals surface area contributed by atoms with E-state index >= 15 is 0 Å². The molecule has 0 saturated carbocycles. The SMILES string of the molecule is Cc1cc(N(C)C)c2c(c1O)C(=O)C1=C(O)C3C(CC(O)=C(C(N)=O)C3(C)O)CC1C2. The van der Waals surface area contributed by atoms with Gasteiger partial charge >= 0.3 is 0 Å². The number of aliphatic hydroxyl groups excluding tert-OH is 2. The van der Waals surface area contributed by atoms with Crippen molar-refractivity contribution in [3.63, 3.8) is 0 Å². The van der Waals surface area contributed by atoms with E-state index in [0.29, 0.717) is 18.4 Å². The number of benzene rings is 1. The highest BCUT2D eigenvalue weighted by Gasteiger charge is 2.55. The number of aryl methyl sites for hydroxylation is 1.